The molecule has 0 saturated heterocycles. The summed E-state index contributed by atoms with van der Waals surface area (Å²) in [6, 6.07) is 9.13. The molecule has 0 aliphatic rings. The standard InChI is InChI=1S/C12H14O3S/c1-2-15-11(14)8-10(13)12(16)9-6-4-3-5-7-9/h3-7,10,13H,2,8H2,1H3. The van der Waals surface area contributed by atoms with Gasteiger partial charge < -0.3 is 9.84 Å². The highest BCUT2D eigenvalue weighted by Crippen LogP contribution is 2.08. The first kappa shape index (κ1) is 12.8. The van der Waals surface area contributed by atoms with Gasteiger partial charge in [-0.15, -0.1) is 0 Å². The van der Waals surface area contributed by atoms with E-state index in [-0.39, 0.29) is 6.42 Å². The van der Waals surface area contributed by atoms with Gasteiger partial charge in [0.25, 0.3) is 0 Å². The van der Waals surface area contributed by atoms with Crippen molar-refractivity contribution in [2.24, 2.45) is 0 Å². The second-order valence-corrected chi connectivity index (χ2v) is 3.70. The van der Waals surface area contributed by atoms with Gasteiger partial charge in [0.15, 0.2) is 0 Å². The molecule has 1 unspecified atom stereocenters. The van der Waals surface area contributed by atoms with E-state index < -0.39 is 12.1 Å². The molecule has 3 nitrogen and oxygen atoms in total. The molecule has 4 heteroatoms. The maximum atomic E-state index is 11.1. The Labute approximate surface area is 100 Å². The maximum Gasteiger partial charge on any atom is 0.308 e. The van der Waals surface area contributed by atoms with E-state index in [0.717, 1.165) is 5.56 Å². The molecule has 0 bridgehead atoms. The van der Waals surface area contributed by atoms with Crippen molar-refractivity contribution in [1.29, 1.82) is 0 Å². The summed E-state index contributed by atoms with van der Waals surface area (Å²) < 4.78 is 4.74. The predicted octanol–water partition coefficient (Wildman–Crippen LogP) is 1.72. The minimum absolute atomic E-state index is 0.0957. The van der Waals surface area contributed by atoms with Crippen LogP contribution < -0.4 is 0 Å². The van der Waals surface area contributed by atoms with Gasteiger partial charge in [0, 0.05) is 0 Å². The number of aliphatic hydroxyl groups excluding tert-OH is 1. The monoisotopic (exact) mass is 238 g/mol. The minimum atomic E-state index is -0.962. The van der Waals surface area contributed by atoms with Crippen molar-refractivity contribution in [3.8, 4) is 0 Å². The van der Waals surface area contributed by atoms with Gasteiger partial charge in [-0.1, -0.05) is 42.5 Å². The summed E-state index contributed by atoms with van der Waals surface area (Å²) in [6.45, 7) is 2.03. The Morgan fingerprint density at radius 2 is 2.06 bits per heavy atom. The van der Waals surface area contributed by atoms with E-state index in [1.807, 2.05) is 18.2 Å². The SMILES string of the molecule is CCOC(=O)CC(O)C(=S)c1ccccc1. The summed E-state index contributed by atoms with van der Waals surface area (Å²) >= 11 is 5.09. The Hall–Kier alpha value is -1.26. The molecular formula is C12H14O3S. The Balaban J connectivity index is 2.58. The fraction of sp³-hybridized carbons (Fsp3) is 0.333. The van der Waals surface area contributed by atoms with E-state index in [2.05, 4.69) is 0 Å². The number of rotatable bonds is 5. The Morgan fingerprint density at radius 3 is 2.62 bits per heavy atom. The first-order chi connectivity index (χ1) is 7.65. The largest absolute Gasteiger partial charge is 0.466 e. The van der Waals surface area contributed by atoms with E-state index in [1.165, 1.54) is 0 Å². The van der Waals surface area contributed by atoms with Gasteiger partial charge in [0.2, 0.25) is 0 Å². The Bertz CT molecular complexity index is 362. The van der Waals surface area contributed by atoms with Crippen molar-refractivity contribution in [3.05, 3.63) is 35.9 Å². The third-order valence-electron chi connectivity index (χ3n) is 2.03. The van der Waals surface area contributed by atoms with E-state index in [9.17, 15) is 9.90 Å². The molecule has 0 spiro atoms. The zero-order valence-electron chi connectivity index (χ0n) is 9.05. The van der Waals surface area contributed by atoms with E-state index in [4.69, 9.17) is 17.0 Å². The van der Waals surface area contributed by atoms with Crippen LogP contribution in [-0.2, 0) is 9.53 Å². The lowest BCUT2D eigenvalue weighted by Crippen LogP contribution is -2.24. The van der Waals surface area contributed by atoms with Gasteiger partial charge in [0.05, 0.1) is 17.9 Å². The first-order valence-electron chi connectivity index (χ1n) is 5.08. The number of carbonyl (C=O) groups is 1. The lowest BCUT2D eigenvalue weighted by Gasteiger charge is -2.11. The van der Waals surface area contributed by atoms with E-state index >= 15 is 0 Å². The lowest BCUT2D eigenvalue weighted by atomic mass is 10.1. The summed E-state index contributed by atoms with van der Waals surface area (Å²) in [5.41, 5.74) is 0.759. The van der Waals surface area contributed by atoms with Crippen molar-refractivity contribution >= 4 is 23.1 Å². The summed E-state index contributed by atoms with van der Waals surface area (Å²) in [5, 5.41) is 9.73. The average molecular weight is 238 g/mol. The van der Waals surface area contributed by atoms with Crippen molar-refractivity contribution < 1.29 is 14.6 Å². The summed E-state index contributed by atoms with van der Waals surface area (Å²) in [4.78, 5) is 11.5. The summed E-state index contributed by atoms with van der Waals surface area (Å²) in [6.07, 6.45) is -1.06. The van der Waals surface area contributed by atoms with Crippen LogP contribution in [0.1, 0.15) is 18.9 Å². The van der Waals surface area contributed by atoms with Crippen LogP contribution in [0.25, 0.3) is 0 Å². The van der Waals surface area contributed by atoms with Crippen LogP contribution >= 0.6 is 12.2 Å². The molecular weight excluding hydrogens is 224 g/mol. The van der Waals surface area contributed by atoms with Gasteiger partial charge in [-0.05, 0) is 12.5 Å². The molecule has 0 radical (unpaired) electrons. The number of hydrogen-bond donors (Lipinski definition) is 1. The highest BCUT2D eigenvalue weighted by atomic mass is 32.1. The normalized spacial score (nSPS) is 11.9. The van der Waals surface area contributed by atoms with Crippen LogP contribution in [-0.4, -0.2) is 28.7 Å². The van der Waals surface area contributed by atoms with Crippen LogP contribution in [0.2, 0.25) is 0 Å². The van der Waals surface area contributed by atoms with Crippen LogP contribution in [0, 0.1) is 0 Å². The van der Waals surface area contributed by atoms with Gasteiger partial charge >= 0.3 is 5.97 Å². The van der Waals surface area contributed by atoms with Crippen LogP contribution in [0.5, 0.6) is 0 Å². The molecule has 0 aromatic heterocycles. The fourth-order valence-electron chi connectivity index (χ4n) is 1.27. The van der Waals surface area contributed by atoms with Gasteiger partial charge in [-0.25, -0.2) is 0 Å². The highest BCUT2D eigenvalue weighted by Gasteiger charge is 2.17. The number of ether oxygens (including phenoxy) is 1. The zero-order valence-corrected chi connectivity index (χ0v) is 9.87. The quantitative estimate of drug-likeness (QED) is 0.482. The maximum absolute atomic E-state index is 11.1. The Kier molecular flexibility index (Phi) is 5.08. The zero-order chi connectivity index (χ0) is 12.0. The summed E-state index contributed by atoms with van der Waals surface area (Å²) in [5.74, 6) is -0.437. The summed E-state index contributed by atoms with van der Waals surface area (Å²) in [7, 11) is 0. The highest BCUT2D eigenvalue weighted by molar-refractivity contribution is 7.81. The second-order valence-electron chi connectivity index (χ2n) is 3.26. The molecule has 0 aliphatic carbocycles. The number of carbonyl (C=O) groups excluding carboxylic acids is 1. The van der Waals surface area contributed by atoms with Crippen LogP contribution in [0.3, 0.4) is 0 Å². The molecule has 1 rings (SSSR count). The van der Waals surface area contributed by atoms with Crippen molar-refractivity contribution in [3.63, 3.8) is 0 Å². The van der Waals surface area contributed by atoms with Gasteiger partial charge in [0.1, 0.15) is 6.10 Å². The van der Waals surface area contributed by atoms with Crippen LogP contribution in [0.15, 0.2) is 30.3 Å². The molecule has 0 heterocycles. The molecule has 16 heavy (non-hydrogen) atoms. The number of esters is 1. The average Bonchev–Trinajstić information content (AvgIpc) is 2.29. The molecule has 1 aromatic carbocycles. The number of aliphatic hydroxyl groups is 1. The molecule has 86 valence electrons. The van der Waals surface area contributed by atoms with Crippen LogP contribution in [0.4, 0.5) is 0 Å². The van der Waals surface area contributed by atoms with Crippen molar-refractivity contribution in [1.82, 2.24) is 0 Å². The topological polar surface area (TPSA) is 46.5 Å². The number of thiocarbonyl (C=S) groups is 1. The van der Waals surface area contributed by atoms with Crippen molar-refractivity contribution in [2.45, 2.75) is 19.4 Å². The van der Waals surface area contributed by atoms with Gasteiger partial charge in [-0.2, -0.15) is 0 Å². The van der Waals surface area contributed by atoms with Gasteiger partial charge in [-0.3, -0.25) is 4.79 Å². The number of benzene rings is 1. The molecule has 1 N–H and O–H groups in total. The molecule has 0 aliphatic heterocycles. The molecule has 1 atom stereocenters. The minimum Gasteiger partial charge on any atom is -0.466 e. The van der Waals surface area contributed by atoms with E-state index in [1.54, 1.807) is 19.1 Å². The second kappa shape index (κ2) is 6.35. The molecule has 0 saturated carbocycles. The third-order valence-corrected chi connectivity index (χ3v) is 2.53. The lowest BCUT2D eigenvalue weighted by molar-refractivity contribution is -0.144. The Morgan fingerprint density at radius 1 is 1.44 bits per heavy atom. The molecule has 0 fully saturated rings. The fourth-order valence-corrected chi connectivity index (χ4v) is 1.48. The number of hydrogen-bond acceptors (Lipinski definition) is 4. The third kappa shape index (κ3) is 3.72. The predicted molar refractivity (Wildman–Crippen MR) is 65.4 cm³/mol. The van der Waals surface area contributed by atoms with Crippen molar-refractivity contribution in [2.75, 3.05) is 6.61 Å². The molecule has 0 amide bonds. The smallest absolute Gasteiger partial charge is 0.308 e. The molecule has 1 aromatic rings. The first-order valence-corrected chi connectivity index (χ1v) is 5.49. The van der Waals surface area contributed by atoms with E-state index in [0.29, 0.717) is 11.5 Å².